The summed E-state index contributed by atoms with van der Waals surface area (Å²) in [5.74, 6) is 1.84. The summed E-state index contributed by atoms with van der Waals surface area (Å²) >= 11 is 0. The van der Waals surface area contributed by atoms with E-state index in [1.807, 2.05) is 66.7 Å². The molecule has 5 nitrogen and oxygen atoms in total. The number of hydrogen-bond acceptors (Lipinski definition) is 5. The van der Waals surface area contributed by atoms with Crippen LogP contribution in [0.4, 0.5) is 17.1 Å². The summed E-state index contributed by atoms with van der Waals surface area (Å²) in [4.78, 5) is 17.1. The monoisotopic (exact) mass is 768 g/mol. The second-order valence-corrected chi connectivity index (χ2v) is 14.9. The van der Waals surface area contributed by atoms with Crippen LogP contribution < -0.4 is 4.90 Å². The average molecular weight is 769 g/mol. The first-order valence-corrected chi connectivity index (χ1v) is 20.1. The molecule has 0 fully saturated rings. The first kappa shape index (κ1) is 35.0. The summed E-state index contributed by atoms with van der Waals surface area (Å²) < 4.78 is 6.59. The van der Waals surface area contributed by atoms with Gasteiger partial charge in [0.2, 0.25) is 0 Å². The summed E-state index contributed by atoms with van der Waals surface area (Å²) in [5.41, 5.74) is 12.2. The lowest BCUT2D eigenvalue weighted by atomic mass is 10.0. The summed E-state index contributed by atoms with van der Waals surface area (Å²) in [6, 6.07) is 76.0. The molecule has 5 heteroatoms. The van der Waals surface area contributed by atoms with Crippen molar-refractivity contribution in [1.29, 1.82) is 0 Å². The van der Waals surface area contributed by atoms with E-state index in [0.717, 1.165) is 66.8 Å². The molecular formula is C55H36N4O. The van der Waals surface area contributed by atoms with Gasteiger partial charge in [-0.3, -0.25) is 0 Å². The molecule has 0 spiro atoms. The largest absolute Gasteiger partial charge is 0.456 e. The maximum Gasteiger partial charge on any atom is 0.164 e. The molecule has 0 unspecified atom stereocenters. The van der Waals surface area contributed by atoms with Gasteiger partial charge in [-0.25, -0.2) is 15.0 Å². The van der Waals surface area contributed by atoms with E-state index in [1.165, 1.54) is 21.9 Å². The third kappa shape index (κ3) is 6.54. The van der Waals surface area contributed by atoms with Crippen molar-refractivity contribution in [3.8, 4) is 56.4 Å². The number of benzene rings is 9. The van der Waals surface area contributed by atoms with Crippen LogP contribution >= 0.6 is 0 Å². The molecule has 11 aromatic rings. The van der Waals surface area contributed by atoms with Crippen LogP contribution in [0.5, 0.6) is 0 Å². The van der Waals surface area contributed by atoms with Crippen molar-refractivity contribution in [3.05, 3.63) is 218 Å². The average Bonchev–Trinajstić information content (AvgIpc) is 3.70. The van der Waals surface area contributed by atoms with Crippen molar-refractivity contribution in [2.24, 2.45) is 0 Å². The van der Waals surface area contributed by atoms with Crippen molar-refractivity contribution in [3.63, 3.8) is 0 Å². The summed E-state index contributed by atoms with van der Waals surface area (Å²) in [6.07, 6.45) is 0. The lowest BCUT2D eigenvalue weighted by molar-refractivity contribution is 0.669. The molecular weight excluding hydrogens is 733 g/mol. The predicted octanol–water partition coefficient (Wildman–Crippen LogP) is 14.7. The van der Waals surface area contributed by atoms with Gasteiger partial charge in [0, 0.05) is 44.2 Å². The number of anilines is 3. The van der Waals surface area contributed by atoms with Crippen LogP contribution in [0.25, 0.3) is 89.1 Å². The molecule has 0 bridgehead atoms. The Labute approximate surface area is 347 Å². The van der Waals surface area contributed by atoms with Crippen molar-refractivity contribution in [2.75, 3.05) is 4.90 Å². The molecule has 282 valence electrons. The van der Waals surface area contributed by atoms with Crippen LogP contribution in [0.3, 0.4) is 0 Å². The van der Waals surface area contributed by atoms with Crippen LogP contribution in [-0.2, 0) is 0 Å². The molecule has 2 heterocycles. The van der Waals surface area contributed by atoms with E-state index in [0.29, 0.717) is 17.5 Å². The second kappa shape index (κ2) is 15.0. The van der Waals surface area contributed by atoms with Gasteiger partial charge in [0.25, 0.3) is 0 Å². The molecule has 11 rings (SSSR count). The summed E-state index contributed by atoms with van der Waals surface area (Å²) in [7, 11) is 0. The minimum atomic E-state index is 0.593. The number of furan rings is 1. The Balaban J connectivity index is 0.944. The Morgan fingerprint density at radius 1 is 0.300 bits per heavy atom. The van der Waals surface area contributed by atoms with Gasteiger partial charge in [0.05, 0.1) is 5.69 Å². The van der Waals surface area contributed by atoms with Crippen LogP contribution in [0.15, 0.2) is 223 Å². The molecule has 0 amide bonds. The van der Waals surface area contributed by atoms with E-state index in [2.05, 4.69) is 157 Å². The number of nitrogens with zero attached hydrogens (tertiary/aromatic N) is 4. The highest BCUT2D eigenvalue weighted by Crippen LogP contribution is 2.41. The smallest absolute Gasteiger partial charge is 0.164 e. The minimum absolute atomic E-state index is 0.593. The van der Waals surface area contributed by atoms with E-state index in [9.17, 15) is 0 Å². The normalized spacial score (nSPS) is 11.3. The molecule has 0 radical (unpaired) electrons. The highest BCUT2D eigenvalue weighted by Gasteiger charge is 2.18. The third-order valence-corrected chi connectivity index (χ3v) is 11.1. The fourth-order valence-corrected chi connectivity index (χ4v) is 8.10. The molecule has 0 saturated carbocycles. The van der Waals surface area contributed by atoms with Gasteiger partial charge in [-0.1, -0.05) is 164 Å². The van der Waals surface area contributed by atoms with E-state index >= 15 is 0 Å². The Hall–Kier alpha value is -8.15. The maximum atomic E-state index is 6.59. The van der Waals surface area contributed by atoms with Crippen molar-refractivity contribution in [2.45, 2.75) is 0 Å². The molecule has 9 aromatic carbocycles. The lowest BCUT2D eigenvalue weighted by Crippen LogP contribution is -2.10. The molecule has 0 saturated heterocycles. The van der Waals surface area contributed by atoms with E-state index in [4.69, 9.17) is 19.4 Å². The molecule has 60 heavy (non-hydrogen) atoms. The number of rotatable bonds is 8. The highest BCUT2D eigenvalue weighted by molar-refractivity contribution is 6.07. The zero-order chi connectivity index (χ0) is 39.8. The van der Waals surface area contributed by atoms with Crippen molar-refractivity contribution >= 4 is 49.8 Å². The second-order valence-electron chi connectivity index (χ2n) is 14.9. The van der Waals surface area contributed by atoms with Crippen molar-refractivity contribution in [1.82, 2.24) is 15.0 Å². The molecule has 0 aliphatic heterocycles. The Bertz CT molecular complexity index is 3230. The van der Waals surface area contributed by atoms with Gasteiger partial charge in [-0.05, 0) is 82.2 Å². The van der Waals surface area contributed by atoms with Gasteiger partial charge < -0.3 is 9.32 Å². The van der Waals surface area contributed by atoms with Gasteiger partial charge in [0.15, 0.2) is 17.5 Å². The Kier molecular flexibility index (Phi) is 8.75. The maximum absolute atomic E-state index is 6.59. The van der Waals surface area contributed by atoms with E-state index in [-0.39, 0.29) is 0 Å². The number of aromatic nitrogens is 3. The number of hydrogen-bond donors (Lipinski definition) is 0. The van der Waals surface area contributed by atoms with Crippen LogP contribution in [0.2, 0.25) is 0 Å². The fraction of sp³-hybridized carbons (Fsp3) is 0. The van der Waals surface area contributed by atoms with Gasteiger partial charge in [0.1, 0.15) is 11.2 Å². The first-order valence-electron chi connectivity index (χ1n) is 20.1. The fourth-order valence-electron chi connectivity index (χ4n) is 8.10. The first-order chi connectivity index (χ1) is 29.7. The Morgan fingerprint density at radius 2 is 0.717 bits per heavy atom. The minimum Gasteiger partial charge on any atom is -0.456 e. The van der Waals surface area contributed by atoms with Crippen LogP contribution in [0.1, 0.15) is 0 Å². The molecule has 0 aliphatic rings. The van der Waals surface area contributed by atoms with Gasteiger partial charge in [-0.15, -0.1) is 0 Å². The van der Waals surface area contributed by atoms with Crippen molar-refractivity contribution < 1.29 is 4.42 Å². The Morgan fingerprint density at radius 3 is 1.30 bits per heavy atom. The predicted molar refractivity (Wildman–Crippen MR) is 246 cm³/mol. The summed E-state index contributed by atoms with van der Waals surface area (Å²) in [6.45, 7) is 0. The molecule has 2 aromatic heterocycles. The van der Waals surface area contributed by atoms with Gasteiger partial charge >= 0.3 is 0 Å². The molecule has 0 aliphatic carbocycles. The standard InChI is InChI=1S/C55H36N4O/c1-4-13-37(14-5-1)38-23-29-45(30-24-38)59(50-22-12-20-40-15-10-11-21-47(40)50)46-31-25-39(26-32-46)43-27-33-48-49-34-28-44(36-52(49)60-51(48)35-43)55-57-53(41-16-6-2-7-17-41)56-54(58-55)42-18-8-3-9-19-42/h1-36H. The molecule has 0 atom stereocenters. The molecule has 0 N–H and O–H groups in total. The zero-order valence-electron chi connectivity index (χ0n) is 32.5. The van der Waals surface area contributed by atoms with E-state index in [1.54, 1.807) is 0 Å². The zero-order valence-corrected chi connectivity index (χ0v) is 32.5. The van der Waals surface area contributed by atoms with Crippen LogP contribution in [0, 0.1) is 0 Å². The van der Waals surface area contributed by atoms with Gasteiger partial charge in [-0.2, -0.15) is 0 Å². The highest BCUT2D eigenvalue weighted by atomic mass is 16.3. The lowest BCUT2D eigenvalue weighted by Gasteiger charge is -2.27. The number of fused-ring (bicyclic) bond motifs is 4. The van der Waals surface area contributed by atoms with E-state index < -0.39 is 0 Å². The van der Waals surface area contributed by atoms with Crippen LogP contribution in [-0.4, -0.2) is 15.0 Å². The quantitative estimate of drug-likeness (QED) is 0.154. The third-order valence-electron chi connectivity index (χ3n) is 11.1. The topological polar surface area (TPSA) is 55.1 Å². The summed E-state index contributed by atoms with van der Waals surface area (Å²) in [5, 5.41) is 4.49. The SMILES string of the molecule is c1ccc(-c2ccc(N(c3ccc(-c4ccc5c(c4)oc4cc(-c6nc(-c7ccccc7)nc(-c7ccccc7)n6)ccc45)cc3)c3cccc4ccccc34)cc2)cc1.